The Labute approximate surface area is 122 Å². The maximum absolute atomic E-state index is 12.4. The Hall–Kier alpha value is -1.06. The first-order valence-corrected chi connectivity index (χ1v) is 7.84. The molecule has 1 amide bonds. The lowest BCUT2D eigenvalue weighted by Crippen LogP contribution is -2.37. The Morgan fingerprint density at radius 1 is 1.20 bits per heavy atom. The van der Waals surface area contributed by atoms with Gasteiger partial charge in [-0.25, -0.2) is 0 Å². The third-order valence-electron chi connectivity index (χ3n) is 4.67. The quantitative estimate of drug-likeness (QED) is 0.780. The van der Waals surface area contributed by atoms with Gasteiger partial charge in [-0.2, -0.15) is 0 Å². The third kappa shape index (κ3) is 5.14. The summed E-state index contributed by atoms with van der Waals surface area (Å²) in [5.74, 6) is -0.177. The van der Waals surface area contributed by atoms with Gasteiger partial charge in [0.2, 0.25) is 5.91 Å². The summed E-state index contributed by atoms with van der Waals surface area (Å²) in [6.07, 6.45) is 6.61. The number of hydrogen-bond acceptors (Lipinski definition) is 2. The van der Waals surface area contributed by atoms with Gasteiger partial charge in [0.05, 0.1) is 6.42 Å². The van der Waals surface area contributed by atoms with E-state index >= 15 is 0 Å². The highest BCUT2D eigenvalue weighted by Gasteiger charge is 2.37. The molecule has 0 bridgehead atoms. The molecule has 1 saturated carbocycles. The van der Waals surface area contributed by atoms with Crippen molar-refractivity contribution in [3.05, 3.63) is 0 Å². The molecule has 0 aromatic heterocycles. The van der Waals surface area contributed by atoms with E-state index in [1.54, 1.807) is 4.90 Å². The molecule has 0 radical (unpaired) electrons. The van der Waals surface area contributed by atoms with Crippen molar-refractivity contribution < 1.29 is 14.7 Å². The van der Waals surface area contributed by atoms with Gasteiger partial charge in [0.15, 0.2) is 0 Å². The topological polar surface area (TPSA) is 57.6 Å². The Balaban J connectivity index is 2.64. The minimum absolute atomic E-state index is 0.105. The van der Waals surface area contributed by atoms with Crippen LogP contribution >= 0.6 is 0 Å². The number of rotatable bonds is 7. The van der Waals surface area contributed by atoms with Crippen molar-refractivity contribution in [2.75, 3.05) is 13.6 Å². The number of carboxylic acids is 1. The van der Waals surface area contributed by atoms with E-state index in [4.69, 9.17) is 5.11 Å². The maximum Gasteiger partial charge on any atom is 0.303 e. The van der Waals surface area contributed by atoms with E-state index in [0.29, 0.717) is 12.3 Å². The average Bonchev–Trinajstić information content (AvgIpc) is 2.38. The normalized spacial score (nSPS) is 19.4. The summed E-state index contributed by atoms with van der Waals surface area (Å²) in [7, 11) is 1.84. The zero-order valence-electron chi connectivity index (χ0n) is 13.2. The van der Waals surface area contributed by atoms with Gasteiger partial charge in [-0.3, -0.25) is 9.59 Å². The summed E-state index contributed by atoms with van der Waals surface area (Å²) >= 11 is 0. The molecule has 20 heavy (non-hydrogen) atoms. The van der Waals surface area contributed by atoms with Crippen LogP contribution in [0, 0.1) is 11.3 Å². The maximum atomic E-state index is 12.4. The summed E-state index contributed by atoms with van der Waals surface area (Å²) in [6, 6.07) is 0. The smallest absolute Gasteiger partial charge is 0.303 e. The van der Waals surface area contributed by atoms with Crippen molar-refractivity contribution in [2.45, 2.75) is 65.2 Å². The van der Waals surface area contributed by atoms with Gasteiger partial charge < -0.3 is 10.0 Å². The van der Waals surface area contributed by atoms with Gasteiger partial charge in [-0.05, 0) is 24.2 Å². The Bertz CT molecular complexity index is 335. The minimum Gasteiger partial charge on any atom is -0.481 e. The number of carboxylic acid groups (broad SMARTS) is 1. The number of nitrogens with zero attached hydrogens (tertiary/aromatic N) is 1. The molecular formula is C16H29NO3. The molecule has 1 aliphatic carbocycles. The number of carbonyl (C=O) groups excluding carboxylic acids is 1. The van der Waals surface area contributed by atoms with Gasteiger partial charge in [-0.15, -0.1) is 0 Å². The lowest BCUT2D eigenvalue weighted by molar-refractivity contribution is -0.142. The third-order valence-corrected chi connectivity index (χ3v) is 4.67. The zero-order chi connectivity index (χ0) is 15.2. The number of aliphatic carboxylic acids is 1. The highest BCUT2D eigenvalue weighted by Crippen LogP contribution is 2.42. The van der Waals surface area contributed by atoms with Crippen LogP contribution in [0.3, 0.4) is 0 Å². The van der Waals surface area contributed by atoms with E-state index in [-0.39, 0.29) is 17.7 Å². The van der Waals surface area contributed by atoms with Crippen LogP contribution in [0.25, 0.3) is 0 Å². The van der Waals surface area contributed by atoms with E-state index < -0.39 is 5.97 Å². The standard InChI is InChI=1S/C16H29NO3/c1-4-13(2)12-17(3)14(18)10-16(11-15(19)20)8-6-5-7-9-16/h13H,4-12H2,1-3H3,(H,19,20). The lowest BCUT2D eigenvalue weighted by atomic mass is 9.69. The first-order chi connectivity index (χ1) is 9.38. The Kier molecular flexibility index (Phi) is 6.50. The molecule has 1 N–H and O–H groups in total. The number of amides is 1. The zero-order valence-corrected chi connectivity index (χ0v) is 13.2. The second-order valence-electron chi connectivity index (χ2n) is 6.60. The SMILES string of the molecule is CCC(C)CN(C)C(=O)CC1(CC(=O)O)CCCCC1. The van der Waals surface area contributed by atoms with Crippen LogP contribution in [0.1, 0.15) is 65.2 Å². The van der Waals surface area contributed by atoms with Crippen molar-refractivity contribution in [1.29, 1.82) is 0 Å². The molecule has 1 aliphatic rings. The lowest BCUT2D eigenvalue weighted by Gasteiger charge is -2.37. The molecule has 116 valence electrons. The van der Waals surface area contributed by atoms with Crippen LogP contribution < -0.4 is 0 Å². The highest BCUT2D eigenvalue weighted by molar-refractivity contribution is 5.78. The van der Waals surface area contributed by atoms with Crippen molar-refractivity contribution >= 4 is 11.9 Å². The summed E-state index contributed by atoms with van der Waals surface area (Å²) in [6.45, 7) is 5.02. The van der Waals surface area contributed by atoms with Crippen LogP contribution in [-0.2, 0) is 9.59 Å². The van der Waals surface area contributed by atoms with Crippen LogP contribution in [0.2, 0.25) is 0 Å². The monoisotopic (exact) mass is 283 g/mol. The van der Waals surface area contributed by atoms with E-state index in [9.17, 15) is 9.59 Å². The van der Waals surface area contributed by atoms with Crippen molar-refractivity contribution in [1.82, 2.24) is 4.90 Å². The van der Waals surface area contributed by atoms with E-state index in [2.05, 4.69) is 13.8 Å². The van der Waals surface area contributed by atoms with Crippen molar-refractivity contribution in [2.24, 2.45) is 11.3 Å². The summed E-state index contributed by atoms with van der Waals surface area (Å²) < 4.78 is 0. The van der Waals surface area contributed by atoms with E-state index in [0.717, 1.165) is 45.1 Å². The van der Waals surface area contributed by atoms with Gasteiger partial charge in [0.25, 0.3) is 0 Å². The fourth-order valence-corrected chi connectivity index (χ4v) is 3.19. The molecule has 1 fully saturated rings. The fourth-order valence-electron chi connectivity index (χ4n) is 3.19. The first-order valence-electron chi connectivity index (χ1n) is 7.84. The number of carbonyl (C=O) groups is 2. The molecule has 1 rings (SSSR count). The van der Waals surface area contributed by atoms with Crippen LogP contribution in [-0.4, -0.2) is 35.5 Å². The molecule has 0 aromatic rings. The molecule has 1 unspecified atom stereocenters. The predicted octanol–water partition coefficient (Wildman–Crippen LogP) is 3.31. The van der Waals surface area contributed by atoms with Gasteiger partial charge in [0.1, 0.15) is 0 Å². The fraction of sp³-hybridized carbons (Fsp3) is 0.875. The minimum atomic E-state index is -0.774. The summed E-state index contributed by atoms with van der Waals surface area (Å²) in [4.78, 5) is 25.3. The van der Waals surface area contributed by atoms with Crippen molar-refractivity contribution in [3.8, 4) is 0 Å². The second-order valence-corrected chi connectivity index (χ2v) is 6.60. The van der Waals surface area contributed by atoms with Gasteiger partial charge in [-0.1, -0.05) is 39.5 Å². The van der Waals surface area contributed by atoms with Crippen LogP contribution in [0.4, 0.5) is 0 Å². The largest absolute Gasteiger partial charge is 0.481 e. The predicted molar refractivity (Wildman–Crippen MR) is 79.5 cm³/mol. The van der Waals surface area contributed by atoms with Gasteiger partial charge in [0, 0.05) is 20.0 Å². The van der Waals surface area contributed by atoms with Gasteiger partial charge >= 0.3 is 5.97 Å². The van der Waals surface area contributed by atoms with E-state index in [1.807, 2.05) is 7.05 Å². The molecule has 0 heterocycles. The molecule has 0 saturated heterocycles. The van der Waals surface area contributed by atoms with Crippen molar-refractivity contribution in [3.63, 3.8) is 0 Å². The molecule has 0 spiro atoms. The summed E-state index contributed by atoms with van der Waals surface area (Å²) in [5.41, 5.74) is -0.301. The molecule has 0 aliphatic heterocycles. The second kappa shape index (κ2) is 7.65. The van der Waals surface area contributed by atoms with E-state index in [1.165, 1.54) is 0 Å². The molecule has 4 nitrogen and oxygen atoms in total. The molecular weight excluding hydrogens is 254 g/mol. The first kappa shape index (κ1) is 17.0. The Morgan fingerprint density at radius 2 is 1.80 bits per heavy atom. The highest BCUT2D eigenvalue weighted by atomic mass is 16.4. The van der Waals surface area contributed by atoms with Crippen LogP contribution in [0.5, 0.6) is 0 Å². The average molecular weight is 283 g/mol. The molecule has 0 aromatic carbocycles. The molecule has 4 heteroatoms. The number of hydrogen-bond donors (Lipinski definition) is 1. The van der Waals surface area contributed by atoms with Crippen LogP contribution in [0.15, 0.2) is 0 Å². The molecule has 1 atom stereocenters. The Morgan fingerprint density at radius 3 is 2.30 bits per heavy atom. The summed E-state index contributed by atoms with van der Waals surface area (Å²) in [5, 5.41) is 9.14.